The van der Waals surface area contributed by atoms with Crippen LogP contribution in [0.1, 0.15) is 31.7 Å². The van der Waals surface area contributed by atoms with E-state index in [1.165, 1.54) is 5.56 Å². The van der Waals surface area contributed by atoms with E-state index in [1.807, 2.05) is 30.4 Å². The Morgan fingerprint density at radius 1 is 1.36 bits per heavy atom. The predicted molar refractivity (Wildman–Crippen MR) is 111 cm³/mol. The smallest absolute Gasteiger partial charge is 0.246 e. The van der Waals surface area contributed by atoms with Crippen LogP contribution in [0.4, 0.5) is 4.39 Å². The summed E-state index contributed by atoms with van der Waals surface area (Å²) < 4.78 is 20.5. The van der Waals surface area contributed by atoms with Gasteiger partial charge in [-0.3, -0.25) is 9.69 Å². The number of likely N-dealkylation sites (tertiary alicyclic amines) is 1. The molecular formula is C22H26BrFN2O2. The summed E-state index contributed by atoms with van der Waals surface area (Å²) in [6.45, 7) is 3.51. The highest BCUT2D eigenvalue weighted by molar-refractivity contribution is 9.09. The molecule has 1 aromatic rings. The normalized spacial score (nSPS) is 33.5. The molecule has 2 aliphatic heterocycles. The minimum atomic E-state index is -0.482. The minimum absolute atomic E-state index is 0.0323. The third kappa shape index (κ3) is 3.82. The Kier molecular flexibility index (Phi) is 5.72. The Morgan fingerprint density at radius 3 is 2.89 bits per heavy atom. The number of carbonyl (C=O) groups excluding carboxylic acids is 1. The van der Waals surface area contributed by atoms with E-state index < -0.39 is 5.54 Å². The number of rotatable bonds is 4. The topological polar surface area (TPSA) is 41.6 Å². The highest BCUT2D eigenvalue weighted by Crippen LogP contribution is 2.41. The monoisotopic (exact) mass is 448 g/mol. The first-order valence-corrected chi connectivity index (χ1v) is 10.8. The summed E-state index contributed by atoms with van der Waals surface area (Å²) in [6, 6.07) is 10.5. The van der Waals surface area contributed by atoms with Gasteiger partial charge in [0.1, 0.15) is 12.4 Å². The van der Waals surface area contributed by atoms with E-state index >= 15 is 0 Å². The SMILES string of the molecule is CC1CC2(COCC(=O)N2)C(CC2=C(F)C(Br)CC=C2)N1Cc1ccccc1. The quantitative estimate of drug-likeness (QED) is 0.710. The number of nitrogens with zero attached hydrogens (tertiary/aromatic N) is 1. The maximum atomic E-state index is 14.8. The van der Waals surface area contributed by atoms with Crippen LogP contribution in [0.25, 0.3) is 0 Å². The zero-order valence-corrected chi connectivity index (χ0v) is 17.6. The van der Waals surface area contributed by atoms with Gasteiger partial charge < -0.3 is 10.1 Å². The standard InChI is InChI=1S/C22H26BrFN2O2/c1-15-11-22(14-28-13-20(27)25-22)19(10-17-8-5-9-18(23)21(17)24)26(15)12-16-6-3-2-4-7-16/h2-8,15,18-19H,9-14H2,1H3,(H,25,27). The maximum Gasteiger partial charge on any atom is 0.246 e. The molecule has 0 saturated carbocycles. The molecule has 1 N–H and O–H groups in total. The molecule has 150 valence electrons. The third-order valence-corrected chi connectivity index (χ3v) is 6.89. The van der Waals surface area contributed by atoms with Gasteiger partial charge in [0.2, 0.25) is 5.91 Å². The van der Waals surface area contributed by atoms with E-state index in [4.69, 9.17) is 4.74 Å². The fourth-order valence-corrected chi connectivity index (χ4v) is 5.34. The van der Waals surface area contributed by atoms with E-state index in [0.717, 1.165) is 13.0 Å². The first-order chi connectivity index (χ1) is 13.5. The molecule has 1 aliphatic carbocycles. The van der Waals surface area contributed by atoms with Crippen LogP contribution in [0.3, 0.4) is 0 Å². The van der Waals surface area contributed by atoms with Crippen LogP contribution in [0.2, 0.25) is 0 Å². The number of allylic oxidation sites excluding steroid dienone is 3. The van der Waals surface area contributed by atoms with Gasteiger partial charge in [0, 0.05) is 18.6 Å². The van der Waals surface area contributed by atoms with E-state index in [2.05, 4.69) is 45.2 Å². The Balaban J connectivity index is 1.67. The molecule has 2 fully saturated rings. The first kappa shape index (κ1) is 19.8. The van der Waals surface area contributed by atoms with Crippen LogP contribution in [-0.4, -0.2) is 46.5 Å². The predicted octanol–water partition coefficient (Wildman–Crippen LogP) is 3.87. The lowest BCUT2D eigenvalue weighted by Crippen LogP contribution is -2.63. The van der Waals surface area contributed by atoms with E-state index in [0.29, 0.717) is 25.0 Å². The number of amides is 1. The lowest BCUT2D eigenvalue weighted by molar-refractivity contribution is -0.136. The van der Waals surface area contributed by atoms with Crippen LogP contribution in [0, 0.1) is 0 Å². The van der Waals surface area contributed by atoms with Crippen LogP contribution in [-0.2, 0) is 16.1 Å². The molecule has 1 spiro atoms. The van der Waals surface area contributed by atoms with Crippen LogP contribution >= 0.6 is 15.9 Å². The molecule has 0 bridgehead atoms. The summed E-state index contributed by atoms with van der Waals surface area (Å²) in [5, 5.41) is 3.22. The second-order valence-electron chi connectivity index (χ2n) is 8.11. The highest BCUT2D eigenvalue weighted by Gasteiger charge is 2.53. The summed E-state index contributed by atoms with van der Waals surface area (Å²) in [7, 11) is 0. The van der Waals surface area contributed by atoms with Gasteiger partial charge in [-0.1, -0.05) is 58.4 Å². The fourth-order valence-electron chi connectivity index (χ4n) is 4.83. The summed E-state index contributed by atoms with van der Waals surface area (Å²) in [6.07, 6.45) is 5.92. The van der Waals surface area contributed by atoms with Gasteiger partial charge in [0.05, 0.1) is 17.0 Å². The average molecular weight is 449 g/mol. The summed E-state index contributed by atoms with van der Waals surface area (Å²) >= 11 is 3.43. The maximum absolute atomic E-state index is 14.8. The van der Waals surface area contributed by atoms with E-state index in [9.17, 15) is 9.18 Å². The Morgan fingerprint density at radius 2 is 2.14 bits per heavy atom. The van der Waals surface area contributed by atoms with E-state index in [-0.39, 0.29) is 35.3 Å². The van der Waals surface area contributed by atoms with Gasteiger partial charge in [-0.15, -0.1) is 0 Å². The molecule has 2 heterocycles. The number of halogens is 2. The number of nitrogens with one attached hydrogen (secondary N) is 1. The Bertz CT molecular complexity index is 797. The first-order valence-electron chi connectivity index (χ1n) is 9.86. The number of hydrogen-bond donors (Lipinski definition) is 1. The molecule has 4 nitrogen and oxygen atoms in total. The molecule has 0 radical (unpaired) electrons. The third-order valence-electron chi connectivity index (χ3n) is 6.11. The minimum Gasteiger partial charge on any atom is -0.369 e. The van der Waals surface area contributed by atoms with Crippen molar-refractivity contribution in [3.05, 3.63) is 59.4 Å². The van der Waals surface area contributed by atoms with Crippen molar-refractivity contribution in [3.63, 3.8) is 0 Å². The van der Waals surface area contributed by atoms with Crippen molar-refractivity contribution in [2.75, 3.05) is 13.2 Å². The van der Waals surface area contributed by atoms with Gasteiger partial charge >= 0.3 is 0 Å². The zero-order chi connectivity index (χ0) is 19.7. The lowest BCUT2D eigenvalue weighted by atomic mass is 9.84. The van der Waals surface area contributed by atoms with Crippen molar-refractivity contribution in [2.24, 2.45) is 0 Å². The van der Waals surface area contributed by atoms with Gasteiger partial charge in [-0.2, -0.15) is 0 Å². The van der Waals surface area contributed by atoms with E-state index in [1.54, 1.807) is 0 Å². The van der Waals surface area contributed by atoms with Gasteiger partial charge in [-0.05, 0) is 37.3 Å². The average Bonchev–Trinajstić information content (AvgIpc) is 2.90. The molecule has 6 heteroatoms. The second-order valence-corrected chi connectivity index (χ2v) is 9.21. The molecule has 4 rings (SSSR count). The number of benzene rings is 1. The second kappa shape index (κ2) is 8.09. The fraction of sp³-hybridized carbons (Fsp3) is 0.500. The van der Waals surface area contributed by atoms with Gasteiger partial charge in [0.15, 0.2) is 0 Å². The molecule has 1 aromatic carbocycles. The molecule has 4 atom stereocenters. The van der Waals surface area contributed by atoms with Crippen molar-refractivity contribution in [1.29, 1.82) is 0 Å². The molecule has 2 saturated heterocycles. The number of ether oxygens (including phenoxy) is 1. The lowest BCUT2D eigenvalue weighted by Gasteiger charge is -2.41. The zero-order valence-electron chi connectivity index (χ0n) is 16.0. The van der Waals surface area contributed by atoms with Crippen molar-refractivity contribution in [1.82, 2.24) is 10.2 Å². The Labute approximate surface area is 173 Å². The number of carbonyl (C=O) groups is 1. The molecule has 1 amide bonds. The summed E-state index contributed by atoms with van der Waals surface area (Å²) in [5.41, 5.74) is 1.44. The number of hydrogen-bond acceptors (Lipinski definition) is 3. The Hall–Kier alpha value is -1.50. The molecule has 4 unspecified atom stereocenters. The summed E-state index contributed by atoms with van der Waals surface area (Å²) in [5.74, 6) is -0.183. The summed E-state index contributed by atoms with van der Waals surface area (Å²) in [4.78, 5) is 14.3. The molecular weight excluding hydrogens is 423 g/mol. The van der Waals surface area contributed by atoms with Gasteiger partial charge in [0.25, 0.3) is 0 Å². The molecule has 28 heavy (non-hydrogen) atoms. The number of alkyl halides is 1. The van der Waals surface area contributed by atoms with Crippen molar-refractivity contribution < 1.29 is 13.9 Å². The van der Waals surface area contributed by atoms with Crippen LogP contribution in [0.15, 0.2) is 53.9 Å². The molecule has 3 aliphatic rings. The van der Waals surface area contributed by atoms with Crippen molar-refractivity contribution >= 4 is 21.8 Å². The van der Waals surface area contributed by atoms with Crippen molar-refractivity contribution in [3.8, 4) is 0 Å². The highest BCUT2D eigenvalue weighted by atomic mass is 79.9. The largest absolute Gasteiger partial charge is 0.369 e. The number of morpholine rings is 1. The molecule has 0 aromatic heterocycles. The van der Waals surface area contributed by atoms with Crippen LogP contribution < -0.4 is 5.32 Å². The van der Waals surface area contributed by atoms with Crippen molar-refractivity contribution in [2.45, 2.75) is 55.2 Å². The van der Waals surface area contributed by atoms with Crippen LogP contribution in [0.5, 0.6) is 0 Å². The van der Waals surface area contributed by atoms with Gasteiger partial charge in [-0.25, -0.2) is 4.39 Å².